The van der Waals surface area contributed by atoms with Gasteiger partial charge in [-0.05, 0) is 31.2 Å². The molecule has 0 aliphatic rings. The van der Waals surface area contributed by atoms with Crippen molar-refractivity contribution in [2.75, 3.05) is 12.1 Å². The quantitative estimate of drug-likeness (QED) is 0.869. The highest BCUT2D eigenvalue weighted by Gasteiger charge is 2.10. The molecule has 1 aromatic carbocycles. The fourth-order valence-electron chi connectivity index (χ4n) is 1.66. The van der Waals surface area contributed by atoms with E-state index in [1.807, 2.05) is 13.0 Å². The molecule has 2 aromatic rings. The van der Waals surface area contributed by atoms with E-state index in [0.29, 0.717) is 10.8 Å². The van der Waals surface area contributed by atoms with Crippen molar-refractivity contribution >= 4 is 22.7 Å². The normalized spacial score (nSPS) is 10.3. The Hall–Kier alpha value is -2.01. The van der Waals surface area contributed by atoms with Gasteiger partial charge in [0.2, 0.25) is 5.06 Å². The van der Waals surface area contributed by atoms with Crippen LogP contribution in [0, 0.1) is 12.7 Å². The van der Waals surface area contributed by atoms with Gasteiger partial charge in [-0.2, -0.15) is 0 Å². The van der Waals surface area contributed by atoms with Crippen molar-refractivity contribution in [1.82, 2.24) is 0 Å². The number of benzene rings is 1. The Labute approximate surface area is 115 Å². The van der Waals surface area contributed by atoms with Crippen LogP contribution in [0.15, 0.2) is 36.9 Å². The second kappa shape index (κ2) is 5.32. The number of thiophene rings is 1. The lowest BCUT2D eigenvalue weighted by Gasteiger charge is -2.18. The molecule has 0 fully saturated rings. The smallest absolute Gasteiger partial charge is 0.209 e. The first-order chi connectivity index (χ1) is 8.97. The van der Waals surface area contributed by atoms with Crippen LogP contribution in [0.2, 0.25) is 0 Å². The van der Waals surface area contributed by atoms with Gasteiger partial charge in [-0.1, -0.05) is 6.58 Å². The summed E-state index contributed by atoms with van der Waals surface area (Å²) in [4.78, 5) is 6.74. The number of hydroxylamine groups is 1. The van der Waals surface area contributed by atoms with E-state index in [-0.39, 0.29) is 5.82 Å². The largest absolute Gasteiger partial charge is 0.399 e. The Morgan fingerprint density at radius 2 is 2.00 bits per heavy atom. The topological polar surface area (TPSA) is 38.5 Å². The molecule has 100 valence electrons. The van der Waals surface area contributed by atoms with E-state index in [9.17, 15) is 4.39 Å². The minimum atomic E-state index is -0.272. The van der Waals surface area contributed by atoms with Gasteiger partial charge in [-0.3, -0.25) is 0 Å². The highest BCUT2D eigenvalue weighted by atomic mass is 32.1. The number of hydrogen-bond acceptors (Lipinski definition) is 4. The molecule has 2 rings (SSSR count). The first-order valence-electron chi connectivity index (χ1n) is 5.70. The first-order valence-corrected chi connectivity index (χ1v) is 6.51. The molecule has 0 atom stereocenters. The number of hydrogen-bond donors (Lipinski definition) is 1. The van der Waals surface area contributed by atoms with E-state index in [2.05, 4.69) is 6.58 Å². The maximum atomic E-state index is 12.8. The predicted molar refractivity (Wildman–Crippen MR) is 77.7 cm³/mol. The second-order valence-electron chi connectivity index (χ2n) is 4.13. The first kappa shape index (κ1) is 13.4. The fraction of sp³-hybridized carbons (Fsp3) is 0.143. The Kier molecular flexibility index (Phi) is 3.76. The molecule has 0 unspecified atom stereocenters. The van der Waals surface area contributed by atoms with Gasteiger partial charge in [0, 0.05) is 29.3 Å². The van der Waals surface area contributed by atoms with Crippen LogP contribution >= 0.6 is 11.3 Å². The zero-order chi connectivity index (χ0) is 14.0. The monoisotopic (exact) mass is 278 g/mol. The highest BCUT2D eigenvalue weighted by molar-refractivity contribution is 7.14. The zero-order valence-corrected chi connectivity index (χ0v) is 11.6. The second-order valence-corrected chi connectivity index (χ2v) is 5.34. The predicted octanol–water partition coefficient (Wildman–Crippen LogP) is 3.56. The third-order valence-electron chi connectivity index (χ3n) is 2.66. The summed E-state index contributed by atoms with van der Waals surface area (Å²) in [6.45, 7) is 5.68. The fourth-order valence-corrected chi connectivity index (χ4v) is 2.58. The molecule has 0 aliphatic heterocycles. The molecule has 1 aromatic heterocycles. The van der Waals surface area contributed by atoms with Crippen LogP contribution in [0.4, 0.5) is 10.1 Å². The lowest BCUT2D eigenvalue weighted by Crippen LogP contribution is -2.20. The van der Waals surface area contributed by atoms with Crippen LogP contribution in [0.5, 0.6) is 5.06 Å². The molecular weight excluding hydrogens is 263 g/mol. The van der Waals surface area contributed by atoms with Crippen LogP contribution in [0.1, 0.15) is 10.4 Å². The molecule has 0 aliphatic carbocycles. The van der Waals surface area contributed by atoms with Crippen LogP contribution in [0.3, 0.4) is 0 Å². The average Bonchev–Trinajstić information content (AvgIpc) is 2.71. The Balaban J connectivity index is 2.14. The summed E-state index contributed by atoms with van der Waals surface area (Å²) >= 11 is 1.49. The van der Waals surface area contributed by atoms with Crippen LogP contribution in [0.25, 0.3) is 5.70 Å². The summed E-state index contributed by atoms with van der Waals surface area (Å²) in [5, 5.41) is 2.29. The molecule has 0 bridgehead atoms. The third kappa shape index (κ3) is 3.06. The van der Waals surface area contributed by atoms with Gasteiger partial charge < -0.3 is 10.6 Å². The van der Waals surface area contributed by atoms with Crippen molar-refractivity contribution in [2.45, 2.75) is 6.92 Å². The lowest BCUT2D eigenvalue weighted by atomic mass is 10.2. The number of nitrogens with zero attached hydrogens (tertiary/aromatic N) is 1. The van der Waals surface area contributed by atoms with E-state index >= 15 is 0 Å². The van der Waals surface area contributed by atoms with Gasteiger partial charge in [0.15, 0.2) is 0 Å². The molecule has 1 heterocycles. The van der Waals surface area contributed by atoms with E-state index in [1.54, 1.807) is 24.2 Å². The summed E-state index contributed by atoms with van der Waals surface area (Å²) in [5.41, 5.74) is 7.87. The summed E-state index contributed by atoms with van der Waals surface area (Å²) in [6.07, 6.45) is 0. The molecule has 0 saturated heterocycles. The molecule has 2 N–H and O–H groups in total. The van der Waals surface area contributed by atoms with Crippen molar-refractivity contribution in [3.8, 4) is 5.06 Å². The minimum absolute atomic E-state index is 0.272. The van der Waals surface area contributed by atoms with Crippen molar-refractivity contribution in [3.05, 3.63) is 53.2 Å². The van der Waals surface area contributed by atoms with Crippen molar-refractivity contribution in [1.29, 1.82) is 0 Å². The molecule has 0 saturated carbocycles. The van der Waals surface area contributed by atoms with Gasteiger partial charge in [0.05, 0.1) is 5.69 Å². The van der Waals surface area contributed by atoms with E-state index in [4.69, 9.17) is 10.6 Å². The van der Waals surface area contributed by atoms with Gasteiger partial charge in [-0.25, -0.2) is 9.45 Å². The summed E-state index contributed by atoms with van der Waals surface area (Å²) in [7, 11) is 1.76. The number of rotatable bonds is 4. The Bertz CT molecular complexity index is 592. The van der Waals surface area contributed by atoms with Gasteiger partial charge in [-0.15, -0.1) is 11.3 Å². The number of halogens is 1. The van der Waals surface area contributed by atoms with E-state index < -0.39 is 0 Å². The van der Waals surface area contributed by atoms with Gasteiger partial charge in [0.25, 0.3) is 0 Å². The SMILES string of the molecule is C=C(N)c1cc(ON(C)c2ccc(F)cc2)sc1C. The zero-order valence-electron chi connectivity index (χ0n) is 10.8. The molecule has 3 nitrogen and oxygen atoms in total. The molecule has 0 radical (unpaired) electrons. The summed E-state index contributed by atoms with van der Waals surface area (Å²) in [6, 6.07) is 7.93. The Morgan fingerprint density at radius 1 is 1.37 bits per heavy atom. The Morgan fingerprint density at radius 3 is 2.53 bits per heavy atom. The van der Waals surface area contributed by atoms with Gasteiger partial charge >= 0.3 is 0 Å². The number of aryl methyl sites for hydroxylation is 1. The highest BCUT2D eigenvalue weighted by Crippen LogP contribution is 2.32. The molecule has 0 amide bonds. The van der Waals surface area contributed by atoms with Crippen LogP contribution < -0.4 is 15.6 Å². The molecule has 5 heteroatoms. The van der Waals surface area contributed by atoms with Crippen molar-refractivity contribution in [2.24, 2.45) is 5.73 Å². The van der Waals surface area contributed by atoms with Crippen LogP contribution in [-0.2, 0) is 0 Å². The van der Waals surface area contributed by atoms with E-state index in [1.165, 1.54) is 23.5 Å². The maximum Gasteiger partial charge on any atom is 0.209 e. The maximum absolute atomic E-state index is 12.8. The van der Waals surface area contributed by atoms with Crippen LogP contribution in [-0.4, -0.2) is 7.05 Å². The standard InChI is InChI=1S/C14H15FN2OS/c1-9(16)13-8-14(19-10(13)2)18-17(3)12-6-4-11(15)5-7-12/h4-8H,1,16H2,2-3H3. The minimum Gasteiger partial charge on any atom is -0.399 e. The molecule has 0 spiro atoms. The van der Waals surface area contributed by atoms with Crippen molar-refractivity contribution in [3.63, 3.8) is 0 Å². The van der Waals surface area contributed by atoms with Gasteiger partial charge in [0.1, 0.15) is 5.82 Å². The third-order valence-corrected chi connectivity index (χ3v) is 3.58. The van der Waals surface area contributed by atoms with Crippen molar-refractivity contribution < 1.29 is 9.23 Å². The van der Waals surface area contributed by atoms with E-state index in [0.717, 1.165) is 16.1 Å². The average molecular weight is 278 g/mol. The lowest BCUT2D eigenvalue weighted by molar-refractivity contribution is 0.312. The summed E-state index contributed by atoms with van der Waals surface area (Å²) < 4.78 is 12.8. The number of nitrogens with two attached hydrogens (primary N) is 1. The number of anilines is 1. The molecular formula is C14H15FN2OS. The molecule has 19 heavy (non-hydrogen) atoms. The summed E-state index contributed by atoms with van der Waals surface area (Å²) in [5.74, 6) is -0.272.